The Morgan fingerprint density at radius 1 is 0.697 bits per heavy atom. The highest BCUT2D eigenvalue weighted by atomic mass is 79.9. The molecule has 4 nitrogen and oxygen atoms in total. The Bertz CT molecular complexity index is 817. The van der Waals surface area contributed by atoms with Gasteiger partial charge in [-0.2, -0.15) is 0 Å². The lowest BCUT2D eigenvalue weighted by Crippen LogP contribution is -2.22. The molecule has 0 aliphatic carbocycles. The minimum absolute atomic E-state index is 0.0899. The summed E-state index contributed by atoms with van der Waals surface area (Å²) in [6, 6.07) is 8.54. The Morgan fingerprint density at radius 2 is 1.00 bits per heavy atom. The van der Waals surface area contributed by atoms with E-state index in [2.05, 4.69) is 116 Å². The van der Waals surface area contributed by atoms with Crippen molar-refractivity contribution in [3.8, 4) is 11.5 Å². The van der Waals surface area contributed by atoms with Gasteiger partial charge in [0.15, 0.2) is 0 Å². The molecule has 33 heavy (non-hydrogen) atoms. The Hall–Kier alpha value is -0.120. The van der Waals surface area contributed by atoms with Gasteiger partial charge in [0.05, 0.1) is 30.1 Å². The summed E-state index contributed by atoms with van der Waals surface area (Å²) in [7, 11) is 0. The standard InChI is InChI=1S/C25H34Br4N2O2/c1-5-17(7-9-30)32-23-19(26)11-15(12-20(23)27)25(3,4)16-13-21(28)24(22(29)14-16)33-18(6-2)8-10-31/h11-14,17-18H,5-10,30-31H2,1-4H3. The molecule has 0 saturated carbocycles. The molecule has 0 aliphatic heterocycles. The molecule has 8 heteroatoms. The van der Waals surface area contributed by atoms with Crippen LogP contribution in [-0.4, -0.2) is 25.3 Å². The molecule has 2 aromatic rings. The number of hydrogen-bond acceptors (Lipinski definition) is 4. The summed E-state index contributed by atoms with van der Waals surface area (Å²) >= 11 is 14.9. The average Bonchev–Trinajstić information content (AvgIpc) is 2.76. The Labute approximate surface area is 232 Å². The van der Waals surface area contributed by atoms with Crippen LogP contribution in [0.4, 0.5) is 0 Å². The fourth-order valence-electron chi connectivity index (χ4n) is 3.63. The number of ether oxygens (including phenoxy) is 2. The highest BCUT2D eigenvalue weighted by molar-refractivity contribution is 9.11. The molecule has 184 valence electrons. The average molecular weight is 714 g/mol. The molecule has 2 aromatic carbocycles. The van der Waals surface area contributed by atoms with E-state index < -0.39 is 0 Å². The maximum absolute atomic E-state index is 6.25. The van der Waals surface area contributed by atoms with Gasteiger partial charge in [0, 0.05) is 5.41 Å². The van der Waals surface area contributed by atoms with Crippen LogP contribution < -0.4 is 20.9 Å². The molecule has 0 radical (unpaired) electrons. The van der Waals surface area contributed by atoms with Gasteiger partial charge in [-0.3, -0.25) is 0 Å². The van der Waals surface area contributed by atoms with Gasteiger partial charge in [0.25, 0.3) is 0 Å². The van der Waals surface area contributed by atoms with Gasteiger partial charge in [0.1, 0.15) is 11.5 Å². The zero-order chi connectivity index (χ0) is 24.8. The van der Waals surface area contributed by atoms with E-state index in [-0.39, 0.29) is 17.6 Å². The zero-order valence-corrected chi connectivity index (χ0v) is 26.0. The molecule has 0 saturated heterocycles. The topological polar surface area (TPSA) is 70.5 Å². The van der Waals surface area contributed by atoms with Crippen LogP contribution >= 0.6 is 63.7 Å². The number of nitrogens with two attached hydrogens (primary N) is 2. The van der Waals surface area contributed by atoms with E-state index >= 15 is 0 Å². The minimum atomic E-state index is -0.268. The van der Waals surface area contributed by atoms with Crippen molar-refractivity contribution in [1.29, 1.82) is 0 Å². The first-order valence-electron chi connectivity index (χ1n) is 11.3. The SMILES string of the molecule is CCC(CCN)Oc1c(Br)cc(C(C)(C)c2cc(Br)c(OC(CC)CCN)c(Br)c2)cc1Br. The molecule has 0 bridgehead atoms. The second-order valence-corrected chi connectivity index (χ2v) is 12.0. The molecule has 4 N–H and O–H groups in total. The first-order chi connectivity index (χ1) is 15.6. The molecule has 0 aliphatic rings. The van der Waals surface area contributed by atoms with Crippen molar-refractivity contribution in [1.82, 2.24) is 0 Å². The van der Waals surface area contributed by atoms with Crippen LogP contribution in [0.5, 0.6) is 11.5 Å². The fraction of sp³-hybridized carbons (Fsp3) is 0.520. The third-order valence-electron chi connectivity index (χ3n) is 5.90. The third-order valence-corrected chi connectivity index (χ3v) is 8.25. The van der Waals surface area contributed by atoms with Crippen LogP contribution in [0.3, 0.4) is 0 Å². The second-order valence-electron chi connectivity index (χ2n) is 8.61. The van der Waals surface area contributed by atoms with Gasteiger partial charge < -0.3 is 20.9 Å². The van der Waals surface area contributed by atoms with E-state index in [0.29, 0.717) is 13.1 Å². The Balaban J connectivity index is 2.39. The van der Waals surface area contributed by atoms with Crippen LogP contribution in [-0.2, 0) is 5.41 Å². The summed E-state index contributed by atoms with van der Waals surface area (Å²) in [6.07, 6.45) is 3.64. The van der Waals surface area contributed by atoms with Crippen molar-refractivity contribution in [2.45, 2.75) is 71.0 Å². The van der Waals surface area contributed by atoms with Gasteiger partial charge in [0.2, 0.25) is 0 Å². The van der Waals surface area contributed by atoms with Crippen molar-refractivity contribution in [2.24, 2.45) is 11.5 Å². The molecule has 2 unspecified atom stereocenters. The van der Waals surface area contributed by atoms with Gasteiger partial charge in [-0.1, -0.05) is 27.7 Å². The summed E-state index contributed by atoms with van der Waals surface area (Å²) in [4.78, 5) is 0. The largest absolute Gasteiger partial charge is 0.488 e. The van der Waals surface area contributed by atoms with Crippen molar-refractivity contribution >= 4 is 63.7 Å². The van der Waals surface area contributed by atoms with E-state index in [0.717, 1.165) is 66.2 Å². The third kappa shape index (κ3) is 7.43. The summed E-state index contributed by atoms with van der Waals surface area (Å²) in [5.74, 6) is 1.62. The van der Waals surface area contributed by atoms with Crippen molar-refractivity contribution in [3.63, 3.8) is 0 Å². The predicted molar refractivity (Wildman–Crippen MR) is 153 cm³/mol. The van der Waals surface area contributed by atoms with Crippen LogP contribution in [0.2, 0.25) is 0 Å². The van der Waals surface area contributed by atoms with E-state index in [1.807, 2.05) is 0 Å². The predicted octanol–water partition coefficient (Wildman–Crippen LogP) is 8.07. The molecule has 0 fully saturated rings. The first kappa shape index (κ1) is 29.1. The maximum Gasteiger partial charge on any atom is 0.148 e. The normalized spacial score (nSPS) is 13.6. The molecule has 0 spiro atoms. The molecule has 0 heterocycles. The van der Waals surface area contributed by atoms with Crippen LogP contribution in [0.1, 0.15) is 64.5 Å². The van der Waals surface area contributed by atoms with Gasteiger partial charge in [-0.15, -0.1) is 0 Å². The lowest BCUT2D eigenvalue weighted by atomic mass is 9.78. The van der Waals surface area contributed by atoms with Crippen LogP contribution in [0.15, 0.2) is 42.2 Å². The summed E-state index contributed by atoms with van der Waals surface area (Å²) < 4.78 is 16.2. The molecule has 2 rings (SSSR count). The Morgan fingerprint density at radius 3 is 1.24 bits per heavy atom. The van der Waals surface area contributed by atoms with Crippen molar-refractivity contribution < 1.29 is 9.47 Å². The fourth-order valence-corrected chi connectivity index (χ4v) is 6.38. The van der Waals surface area contributed by atoms with Crippen molar-refractivity contribution in [3.05, 3.63) is 53.3 Å². The Kier molecular flexibility index (Phi) is 11.7. The van der Waals surface area contributed by atoms with Crippen molar-refractivity contribution in [2.75, 3.05) is 13.1 Å². The second kappa shape index (κ2) is 13.3. The highest BCUT2D eigenvalue weighted by Crippen LogP contribution is 2.44. The monoisotopic (exact) mass is 710 g/mol. The van der Waals surface area contributed by atoms with Gasteiger partial charge in [-0.25, -0.2) is 0 Å². The maximum atomic E-state index is 6.25. The number of halogens is 4. The zero-order valence-electron chi connectivity index (χ0n) is 19.7. The molecule has 2 atom stereocenters. The molecular weight excluding hydrogens is 680 g/mol. The summed E-state index contributed by atoms with van der Waals surface area (Å²) in [5.41, 5.74) is 13.5. The number of hydrogen-bond donors (Lipinski definition) is 2. The summed E-state index contributed by atoms with van der Waals surface area (Å²) in [6.45, 7) is 9.86. The highest BCUT2D eigenvalue weighted by Gasteiger charge is 2.28. The molecule has 0 amide bonds. The first-order valence-corrected chi connectivity index (χ1v) is 14.5. The van der Waals surface area contributed by atoms with E-state index in [4.69, 9.17) is 20.9 Å². The van der Waals surface area contributed by atoms with Gasteiger partial charge >= 0.3 is 0 Å². The lowest BCUT2D eigenvalue weighted by molar-refractivity contribution is 0.187. The van der Waals surface area contributed by atoms with Crippen LogP contribution in [0, 0.1) is 0 Å². The molecular formula is C25H34Br4N2O2. The van der Waals surface area contributed by atoms with E-state index in [1.54, 1.807) is 0 Å². The quantitative estimate of drug-likeness (QED) is 0.234. The minimum Gasteiger partial charge on any atom is -0.488 e. The number of rotatable bonds is 12. The van der Waals surface area contributed by atoms with Gasteiger partial charge in [-0.05, 0) is 138 Å². The van der Waals surface area contributed by atoms with E-state index in [1.165, 1.54) is 0 Å². The van der Waals surface area contributed by atoms with Crippen LogP contribution in [0.25, 0.3) is 0 Å². The number of benzene rings is 2. The molecule has 0 aromatic heterocycles. The lowest BCUT2D eigenvalue weighted by Gasteiger charge is -2.29. The smallest absolute Gasteiger partial charge is 0.148 e. The van der Waals surface area contributed by atoms with E-state index in [9.17, 15) is 0 Å². The summed E-state index contributed by atoms with van der Waals surface area (Å²) in [5, 5.41) is 0.